The van der Waals surface area contributed by atoms with Crippen molar-refractivity contribution >= 4 is 35.0 Å². The van der Waals surface area contributed by atoms with Crippen LogP contribution in [0.4, 0.5) is 17.1 Å². The average molecular weight is 589 g/mol. The maximum absolute atomic E-state index is 13.5. The molecule has 0 aliphatic carbocycles. The number of piperidine rings is 1. The molecule has 1 saturated heterocycles. The Hall–Kier alpha value is -5.24. The number of anilines is 2. The molecule has 0 saturated carbocycles. The van der Waals surface area contributed by atoms with Crippen LogP contribution >= 0.6 is 0 Å². The van der Waals surface area contributed by atoms with Gasteiger partial charge in [-0.25, -0.2) is 0 Å². The summed E-state index contributed by atoms with van der Waals surface area (Å²) in [7, 11) is 0. The summed E-state index contributed by atoms with van der Waals surface area (Å²) in [5.41, 5.74) is 5.05. The average Bonchev–Trinajstić information content (AvgIpc) is 3.05. The Morgan fingerprint density at radius 2 is 1.52 bits per heavy atom. The lowest BCUT2D eigenvalue weighted by Crippen LogP contribution is -2.36. The molecule has 4 aromatic carbocycles. The van der Waals surface area contributed by atoms with E-state index < -0.39 is 4.92 Å². The highest BCUT2D eigenvalue weighted by molar-refractivity contribution is 6.05. The van der Waals surface area contributed by atoms with Gasteiger partial charge >= 0.3 is 0 Å². The number of nitro groups is 1. The SMILES string of the molecule is O=C(C=Cc1ccc([N+](=O)[O-])cc1)Nc1ccc(N2CCC(Cc3ccccc3)CC2)c(C(=O)NCCc2ccccc2)c1. The molecule has 1 aliphatic rings. The summed E-state index contributed by atoms with van der Waals surface area (Å²) in [5.74, 6) is 0.0472. The molecule has 8 nitrogen and oxygen atoms in total. The second-order valence-corrected chi connectivity index (χ2v) is 11.0. The number of hydrogen-bond donors (Lipinski definition) is 2. The molecule has 0 unspecified atom stereocenters. The summed E-state index contributed by atoms with van der Waals surface area (Å²) in [6.45, 7) is 2.20. The fourth-order valence-corrected chi connectivity index (χ4v) is 5.52. The van der Waals surface area contributed by atoms with Crippen molar-refractivity contribution in [2.24, 2.45) is 5.92 Å². The summed E-state index contributed by atoms with van der Waals surface area (Å²) in [6.07, 6.45) is 6.80. The first-order chi connectivity index (χ1) is 21.4. The Morgan fingerprint density at radius 3 is 2.18 bits per heavy atom. The Kier molecular flexibility index (Phi) is 10.2. The molecule has 0 aromatic heterocycles. The Balaban J connectivity index is 1.27. The standard InChI is InChI=1S/C36H36N4O4/c41-35(18-13-28-11-15-32(16-12-28)40(43)44)38-31-14-17-34(33(26-31)36(42)37-22-19-27-7-3-1-4-8-27)39-23-20-30(21-24-39)25-29-9-5-2-6-10-29/h1-18,26,30H,19-25H2,(H,37,42)(H,38,41). The van der Waals surface area contributed by atoms with E-state index in [0.717, 1.165) is 50.0 Å². The Labute approximate surface area is 257 Å². The molecular weight excluding hydrogens is 552 g/mol. The molecule has 224 valence electrons. The lowest BCUT2D eigenvalue weighted by atomic mass is 9.89. The molecule has 5 rings (SSSR count). The fourth-order valence-electron chi connectivity index (χ4n) is 5.52. The van der Waals surface area contributed by atoms with E-state index in [0.29, 0.717) is 29.3 Å². The van der Waals surface area contributed by atoms with Crippen LogP contribution in [0.25, 0.3) is 6.08 Å². The van der Waals surface area contributed by atoms with Crippen molar-refractivity contribution in [1.29, 1.82) is 0 Å². The summed E-state index contributed by atoms with van der Waals surface area (Å²) in [4.78, 5) is 38.9. The Morgan fingerprint density at radius 1 is 0.864 bits per heavy atom. The molecule has 8 heteroatoms. The van der Waals surface area contributed by atoms with Crippen molar-refractivity contribution in [1.82, 2.24) is 5.32 Å². The van der Waals surface area contributed by atoms with Crippen molar-refractivity contribution in [2.45, 2.75) is 25.7 Å². The third kappa shape index (κ3) is 8.41. The van der Waals surface area contributed by atoms with Crippen LogP contribution in [-0.4, -0.2) is 36.4 Å². The third-order valence-electron chi connectivity index (χ3n) is 7.90. The van der Waals surface area contributed by atoms with Gasteiger partial charge in [0.15, 0.2) is 0 Å². The van der Waals surface area contributed by atoms with Crippen LogP contribution in [0.15, 0.2) is 109 Å². The number of benzene rings is 4. The Bertz CT molecular complexity index is 1600. The second-order valence-electron chi connectivity index (χ2n) is 11.0. The van der Waals surface area contributed by atoms with E-state index in [2.05, 4.69) is 39.8 Å². The van der Waals surface area contributed by atoms with Gasteiger partial charge in [-0.3, -0.25) is 19.7 Å². The van der Waals surface area contributed by atoms with Gasteiger partial charge in [0.2, 0.25) is 5.91 Å². The van der Waals surface area contributed by atoms with Gasteiger partial charge in [0.05, 0.1) is 10.5 Å². The number of non-ortho nitro benzene ring substituents is 1. The van der Waals surface area contributed by atoms with E-state index in [4.69, 9.17) is 0 Å². The van der Waals surface area contributed by atoms with Crippen LogP contribution in [0, 0.1) is 16.0 Å². The van der Waals surface area contributed by atoms with Crippen molar-refractivity contribution in [3.8, 4) is 0 Å². The highest BCUT2D eigenvalue weighted by atomic mass is 16.6. The van der Waals surface area contributed by atoms with E-state index in [1.807, 2.05) is 48.5 Å². The maximum atomic E-state index is 13.5. The van der Waals surface area contributed by atoms with Crippen LogP contribution in [0.2, 0.25) is 0 Å². The zero-order valence-corrected chi connectivity index (χ0v) is 24.5. The lowest BCUT2D eigenvalue weighted by molar-refractivity contribution is -0.384. The van der Waals surface area contributed by atoms with E-state index in [9.17, 15) is 19.7 Å². The molecule has 1 aliphatic heterocycles. The number of nitro benzene ring substituents is 1. The highest BCUT2D eigenvalue weighted by Gasteiger charge is 2.24. The molecule has 44 heavy (non-hydrogen) atoms. The molecule has 0 radical (unpaired) electrons. The molecule has 2 N–H and O–H groups in total. The summed E-state index contributed by atoms with van der Waals surface area (Å²) in [6, 6.07) is 32.0. The van der Waals surface area contributed by atoms with Crippen LogP contribution in [-0.2, 0) is 17.6 Å². The van der Waals surface area contributed by atoms with Gasteiger partial charge in [-0.05, 0) is 84.7 Å². The predicted octanol–water partition coefficient (Wildman–Crippen LogP) is 6.68. The minimum absolute atomic E-state index is 0.0123. The van der Waals surface area contributed by atoms with Gasteiger partial charge in [0, 0.05) is 49.2 Å². The molecule has 0 spiro atoms. The van der Waals surface area contributed by atoms with Crippen LogP contribution in [0.5, 0.6) is 0 Å². The van der Waals surface area contributed by atoms with Gasteiger partial charge in [-0.1, -0.05) is 60.7 Å². The minimum atomic E-state index is -0.466. The maximum Gasteiger partial charge on any atom is 0.269 e. The van der Waals surface area contributed by atoms with E-state index in [1.54, 1.807) is 24.3 Å². The molecular formula is C36H36N4O4. The summed E-state index contributed by atoms with van der Waals surface area (Å²) < 4.78 is 0. The third-order valence-corrected chi connectivity index (χ3v) is 7.90. The lowest BCUT2D eigenvalue weighted by Gasteiger charge is -2.35. The molecule has 4 aromatic rings. The zero-order valence-electron chi connectivity index (χ0n) is 24.5. The quantitative estimate of drug-likeness (QED) is 0.116. The largest absolute Gasteiger partial charge is 0.371 e. The number of rotatable bonds is 11. The second kappa shape index (κ2) is 14.8. The van der Waals surface area contributed by atoms with E-state index in [1.165, 1.54) is 23.8 Å². The highest BCUT2D eigenvalue weighted by Crippen LogP contribution is 2.30. The number of hydrogen-bond acceptors (Lipinski definition) is 5. The van der Waals surface area contributed by atoms with Crippen molar-refractivity contribution < 1.29 is 14.5 Å². The van der Waals surface area contributed by atoms with Gasteiger partial charge < -0.3 is 15.5 Å². The van der Waals surface area contributed by atoms with E-state index in [-0.39, 0.29) is 17.5 Å². The fraction of sp³-hybridized carbons (Fsp3) is 0.222. The van der Waals surface area contributed by atoms with Gasteiger partial charge in [0.25, 0.3) is 11.6 Å². The van der Waals surface area contributed by atoms with Gasteiger partial charge in [-0.15, -0.1) is 0 Å². The smallest absolute Gasteiger partial charge is 0.269 e. The van der Waals surface area contributed by atoms with Gasteiger partial charge in [0.1, 0.15) is 0 Å². The van der Waals surface area contributed by atoms with Crippen LogP contribution < -0.4 is 15.5 Å². The summed E-state index contributed by atoms with van der Waals surface area (Å²) >= 11 is 0. The monoisotopic (exact) mass is 588 g/mol. The number of amides is 2. The number of nitrogens with zero attached hydrogens (tertiary/aromatic N) is 2. The van der Waals surface area contributed by atoms with Crippen LogP contribution in [0.1, 0.15) is 39.9 Å². The number of carbonyl (C=O) groups is 2. The molecule has 2 amide bonds. The first-order valence-electron chi connectivity index (χ1n) is 14.9. The van der Waals surface area contributed by atoms with Crippen molar-refractivity contribution in [3.63, 3.8) is 0 Å². The summed E-state index contributed by atoms with van der Waals surface area (Å²) in [5, 5.41) is 16.8. The zero-order chi connectivity index (χ0) is 30.7. The first kappa shape index (κ1) is 30.2. The minimum Gasteiger partial charge on any atom is -0.371 e. The predicted molar refractivity (Wildman–Crippen MR) is 175 cm³/mol. The van der Waals surface area contributed by atoms with Crippen molar-refractivity contribution in [3.05, 3.63) is 142 Å². The molecule has 0 bridgehead atoms. The number of carbonyl (C=O) groups excluding carboxylic acids is 2. The normalized spacial score (nSPS) is 13.5. The molecule has 1 fully saturated rings. The molecule has 0 atom stereocenters. The van der Waals surface area contributed by atoms with E-state index >= 15 is 0 Å². The van der Waals surface area contributed by atoms with Crippen LogP contribution in [0.3, 0.4) is 0 Å². The first-order valence-corrected chi connectivity index (χ1v) is 14.9. The van der Waals surface area contributed by atoms with Gasteiger partial charge in [-0.2, -0.15) is 0 Å². The number of nitrogens with one attached hydrogen (secondary N) is 2. The molecule has 1 heterocycles. The topological polar surface area (TPSA) is 105 Å². The van der Waals surface area contributed by atoms with Crippen molar-refractivity contribution in [2.75, 3.05) is 29.9 Å².